The first-order valence-corrected chi connectivity index (χ1v) is 14.0. The highest BCUT2D eigenvalue weighted by molar-refractivity contribution is 7.26. The molecule has 0 atom stereocenters. The van der Waals surface area contributed by atoms with E-state index in [1.54, 1.807) is 14.2 Å². The van der Waals surface area contributed by atoms with E-state index < -0.39 is 0 Å². The zero-order valence-corrected chi connectivity index (χ0v) is 22.7. The summed E-state index contributed by atoms with van der Waals surface area (Å²) >= 11 is 5.68. The predicted octanol–water partition coefficient (Wildman–Crippen LogP) is 7.36. The van der Waals surface area contributed by atoms with Crippen LogP contribution in [0.3, 0.4) is 0 Å². The first-order valence-electron chi connectivity index (χ1n) is 11.6. The molecule has 0 amide bonds. The summed E-state index contributed by atoms with van der Waals surface area (Å²) in [5.41, 5.74) is 2.81. The molecule has 0 saturated carbocycles. The Hall–Kier alpha value is -1.06. The van der Waals surface area contributed by atoms with Gasteiger partial charge in [0.2, 0.25) is 0 Å². The fraction of sp³-hybridized carbons (Fsp3) is 0.538. The highest BCUT2D eigenvalue weighted by atomic mass is 32.1. The molecule has 3 heterocycles. The van der Waals surface area contributed by atoms with Crippen LogP contribution in [0, 0.1) is 13.8 Å². The molecule has 3 rings (SSSR count). The lowest BCUT2D eigenvalue weighted by Crippen LogP contribution is -2.08. The average molecular weight is 509 g/mol. The second-order valence-electron chi connectivity index (χ2n) is 8.00. The molecule has 0 spiro atoms. The Morgan fingerprint density at radius 3 is 1.82 bits per heavy atom. The third-order valence-corrected chi connectivity index (χ3v) is 9.01. The fourth-order valence-electron chi connectivity index (χ4n) is 3.69. The highest BCUT2D eigenvalue weighted by Gasteiger charge is 2.22. The highest BCUT2D eigenvalue weighted by Crippen LogP contribution is 2.46. The Bertz CT molecular complexity index is 957. The average Bonchev–Trinajstić information content (AvgIpc) is 3.51. The number of hydrogen-bond acceptors (Lipinski definition) is 7. The third-order valence-electron chi connectivity index (χ3n) is 5.37. The summed E-state index contributed by atoms with van der Waals surface area (Å²) in [7, 11) is 3.47. The molecule has 3 aromatic heterocycles. The predicted molar refractivity (Wildman–Crippen MR) is 142 cm³/mol. The number of rotatable bonds is 16. The van der Waals surface area contributed by atoms with Crippen molar-refractivity contribution in [3.8, 4) is 19.5 Å². The van der Waals surface area contributed by atoms with E-state index in [-0.39, 0.29) is 0 Å². The topological polar surface area (TPSA) is 36.9 Å². The summed E-state index contributed by atoms with van der Waals surface area (Å²) in [5.74, 6) is 0. The third kappa shape index (κ3) is 7.99. The van der Waals surface area contributed by atoms with Crippen LogP contribution in [0.1, 0.15) is 40.1 Å². The second kappa shape index (κ2) is 14.4. The van der Waals surface area contributed by atoms with E-state index in [0.29, 0.717) is 33.0 Å². The number of hydrogen-bond donors (Lipinski definition) is 0. The van der Waals surface area contributed by atoms with Gasteiger partial charge in [-0.3, -0.25) is 0 Å². The molecule has 0 fully saturated rings. The minimum Gasteiger partial charge on any atom is -0.385 e. The molecular weight excluding hydrogens is 472 g/mol. The Morgan fingerprint density at radius 2 is 1.21 bits per heavy atom. The minimum absolute atomic E-state index is 0.586. The molecule has 0 aromatic carbocycles. The maximum atomic E-state index is 6.14. The SMILES string of the molecule is COCCCCCc1c(-c2ccc(C)s2)sc(-c2ccc(C)s2)c1COCCOCCOC. The smallest absolute Gasteiger partial charge is 0.0735 e. The summed E-state index contributed by atoms with van der Waals surface area (Å²) in [6.45, 7) is 8.20. The van der Waals surface area contributed by atoms with Crippen molar-refractivity contribution in [2.75, 3.05) is 47.3 Å². The van der Waals surface area contributed by atoms with Crippen LogP contribution >= 0.6 is 34.0 Å². The van der Waals surface area contributed by atoms with E-state index in [9.17, 15) is 0 Å². The summed E-state index contributed by atoms with van der Waals surface area (Å²) in [4.78, 5) is 8.17. The monoisotopic (exact) mass is 508 g/mol. The Labute approximate surface area is 210 Å². The second-order valence-corrected chi connectivity index (χ2v) is 11.6. The van der Waals surface area contributed by atoms with Gasteiger partial charge in [0.25, 0.3) is 0 Å². The molecule has 0 aliphatic rings. The van der Waals surface area contributed by atoms with Crippen molar-refractivity contribution < 1.29 is 18.9 Å². The van der Waals surface area contributed by atoms with Gasteiger partial charge in [0.05, 0.1) is 37.9 Å². The maximum absolute atomic E-state index is 6.14. The van der Waals surface area contributed by atoms with Crippen molar-refractivity contribution in [2.24, 2.45) is 0 Å². The van der Waals surface area contributed by atoms with E-state index in [4.69, 9.17) is 18.9 Å². The van der Waals surface area contributed by atoms with Crippen LogP contribution in [-0.4, -0.2) is 47.3 Å². The van der Waals surface area contributed by atoms with Gasteiger partial charge in [-0.05, 0) is 62.9 Å². The van der Waals surface area contributed by atoms with Gasteiger partial charge in [0.15, 0.2) is 0 Å². The molecule has 0 radical (unpaired) electrons. The van der Waals surface area contributed by atoms with Crippen LogP contribution in [-0.2, 0) is 32.0 Å². The van der Waals surface area contributed by atoms with Crippen molar-refractivity contribution in [2.45, 2.75) is 46.1 Å². The molecule has 182 valence electrons. The number of ether oxygens (including phenoxy) is 4. The molecule has 0 N–H and O–H groups in total. The zero-order chi connectivity index (χ0) is 23.5. The van der Waals surface area contributed by atoms with Gasteiger partial charge in [-0.25, -0.2) is 0 Å². The quantitative estimate of drug-likeness (QED) is 0.189. The van der Waals surface area contributed by atoms with Crippen molar-refractivity contribution in [1.29, 1.82) is 0 Å². The van der Waals surface area contributed by atoms with Crippen molar-refractivity contribution in [1.82, 2.24) is 0 Å². The van der Waals surface area contributed by atoms with Crippen LogP contribution in [0.2, 0.25) is 0 Å². The molecule has 0 aliphatic heterocycles. The largest absolute Gasteiger partial charge is 0.385 e. The van der Waals surface area contributed by atoms with Crippen LogP contribution in [0.5, 0.6) is 0 Å². The summed E-state index contributed by atoms with van der Waals surface area (Å²) in [5, 5.41) is 0. The van der Waals surface area contributed by atoms with Crippen LogP contribution in [0.25, 0.3) is 19.5 Å². The molecule has 7 heteroatoms. The molecule has 0 unspecified atom stereocenters. The van der Waals surface area contributed by atoms with Crippen LogP contribution in [0.15, 0.2) is 24.3 Å². The lowest BCUT2D eigenvalue weighted by Gasteiger charge is -2.10. The van der Waals surface area contributed by atoms with Crippen LogP contribution in [0.4, 0.5) is 0 Å². The van der Waals surface area contributed by atoms with E-state index in [1.807, 2.05) is 34.0 Å². The summed E-state index contributed by atoms with van der Waals surface area (Å²) in [6.07, 6.45) is 4.51. The summed E-state index contributed by atoms with van der Waals surface area (Å²) in [6, 6.07) is 8.98. The first-order chi connectivity index (χ1) is 16.1. The number of aryl methyl sites for hydroxylation is 2. The Kier molecular flexibility index (Phi) is 11.6. The first kappa shape index (κ1) is 26.5. The molecule has 4 nitrogen and oxygen atoms in total. The number of methoxy groups -OCH3 is 2. The van der Waals surface area contributed by atoms with E-state index in [0.717, 1.165) is 25.9 Å². The molecule has 33 heavy (non-hydrogen) atoms. The van der Waals surface area contributed by atoms with Gasteiger partial charge in [-0.1, -0.05) is 6.42 Å². The van der Waals surface area contributed by atoms with Gasteiger partial charge >= 0.3 is 0 Å². The molecule has 0 saturated heterocycles. The Morgan fingerprint density at radius 1 is 0.606 bits per heavy atom. The lowest BCUT2D eigenvalue weighted by molar-refractivity contribution is 0.0200. The molecule has 0 bridgehead atoms. The van der Waals surface area contributed by atoms with Crippen molar-refractivity contribution in [3.05, 3.63) is 45.1 Å². The van der Waals surface area contributed by atoms with Gasteiger partial charge in [0, 0.05) is 50.8 Å². The molecule has 3 aromatic rings. The molecule has 0 aliphatic carbocycles. The van der Waals surface area contributed by atoms with Gasteiger partial charge in [-0.15, -0.1) is 34.0 Å². The van der Waals surface area contributed by atoms with E-state index in [2.05, 4.69) is 38.1 Å². The maximum Gasteiger partial charge on any atom is 0.0735 e. The lowest BCUT2D eigenvalue weighted by atomic mass is 10.0. The molecular formula is C26H36O4S3. The normalized spacial score (nSPS) is 11.5. The van der Waals surface area contributed by atoms with Crippen LogP contribution < -0.4 is 0 Å². The van der Waals surface area contributed by atoms with Gasteiger partial charge < -0.3 is 18.9 Å². The van der Waals surface area contributed by atoms with E-state index in [1.165, 1.54) is 46.8 Å². The standard InChI is InChI=1S/C26H36O4S3/c1-19-9-11-23(31-19)25-21(8-6-5-7-13-27-3)22(18-30-17-16-29-15-14-28-4)26(33-25)24-12-10-20(2)32-24/h9-12H,5-8,13-18H2,1-4H3. The van der Waals surface area contributed by atoms with Crippen molar-refractivity contribution >= 4 is 34.0 Å². The van der Waals surface area contributed by atoms with Gasteiger partial charge in [-0.2, -0.15) is 0 Å². The van der Waals surface area contributed by atoms with Gasteiger partial charge in [0.1, 0.15) is 0 Å². The van der Waals surface area contributed by atoms with Crippen molar-refractivity contribution in [3.63, 3.8) is 0 Å². The Balaban J connectivity index is 1.84. The van der Waals surface area contributed by atoms with E-state index >= 15 is 0 Å². The number of thiophene rings is 3. The minimum atomic E-state index is 0.586. The number of unbranched alkanes of at least 4 members (excludes halogenated alkanes) is 2. The fourth-order valence-corrected chi connectivity index (χ4v) is 7.05. The summed E-state index contributed by atoms with van der Waals surface area (Å²) < 4.78 is 22.0. The zero-order valence-electron chi connectivity index (χ0n) is 20.2.